The maximum absolute atomic E-state index is 13.1. The standard InChI is InChI=1S/C14H21FN2/c1-14(2,3)16-9-12-7-5-10-4-6-11(15)8-13(10)17-12/h4,6,8,12,16-17H,5,7,9H2,1-3H3. The van der Waals surface area contributed by atoms with Crippen LogP contribution in [0.5, 0.6) is 0 Å². The number of nitrogens with one attached hydrogen (secondary N) is 2. The Balaban J connectivity index is 1.98. The molecule has 1 unspecified atom stereocenters. The molecule has 2 nitrogen and oxygen atoms in total. The van der Waals surface area contributed by atoms with Crippen LogP contribution in [0.1, 0.15) is 32.8 Å². The second kappa shape index (κ2) is 4.65. The topological polar surface area (TPSA) is 24.1 Å². The number of aryl methyl sites for hydroxylation is 1. The van der Waals surface area contributed by atoms with E-state index in [1.807, 2.05) is 6.07 Å². The summed E-state index contributed by atoms with van der Waals surface area (Å²) in [5.41, 5.74) is 2.31. The molecule has 94 valence electrons. The number of fused-ring (bicyclic) bond motifs is 1. The summed E-state index contributed by atoms with van der Waals surface area (Å²) in [7, 11) is 0. The van der Waals surface area contributed by atoms with Gasteiger partial charge in [-0.2, -0.15) is 0 Å². The van der Waals surface area contributed by atoms with Crippen molar-refractivity contribution < 1.29 is 4.39 Å². The molecule has 1 atom stereocenters. The van der Waals surface area contributed by atoms with E-state index in [-0.39, 0.29) is 11.4 Å². The number of halogens is 1. The van der Waals surface area contributed by atoms with Crippen LogP contribution in [0, 0.1) is 5.82 Å². The quantitative estimate of drug-likeness (QED) is 0.825. The van der Waals surface area contributed by atoms with Crippen LogP contribution in [0.2, 0.25) is 0 Å². The minimum atomic E-state index is -0.166. The highest BCUT2D eigenvalue weighted by Crippen LogP contribution is 2.25. The van der Waals surface area contributed by atoms with Crippen LogP contribution < -0.4 is 10.6 Å². The fraction of sp³-hybridized carbons (Fsp3) is 0.571. The van der Waals surface area contributed by atoms with Gasteiger partial charge in [0.2, 0.25) is 0 Å². The minimum absolute atomic E-state index is 0.129. The van der Waals surface area contributed by atoms with E-state index in [0.29, 0.717) is 6.04 Å². The highest BCUT2D eigenvalue weighted by Gasteiger charge is 2.19. The molecule has 0 saturated heterocycles. The molecule has 1 aromatic carbocycles. The lowest BCUT2D eigenvalue weighted by molar-refractivity contribution is 0.404. The fourth-order valence-corrected chi connectivity index (χ4v) is 2.11. The van der Waals surface area contributed by atoms with Gasteiger partial charge in [0.05, 0.1) is 0 Å². The average Bonchev–Trinajstić information content (AvgIpc) is 2.24. The summed E-state index contributed by atoms with van der Waals surface area (Å²) < 4.78 is 13.1. The van der Waals surface area contributed by atoms with Gasteiger partial charge in [-0.1, -0.05) is 6.07 Å². The molecule has 0 amide bonds. The first-order valence-electron chi connectivity index (χ1n) is 6.24. The van der Waals surface area contributed by atoms with Crippen molar-refractivity contribution in [1.82, 2.24) is 5.32 Å². The van der Waals surface area contributed by atoms with E-state index >= 15 is 0 Å². The summed E-state index contributed by atoms with van der Waals surface area (Å²) in [6.45, 7) is 7.38. The molecule has 0 spiro atoms. The molecule has 3 heteroatoms. The molecule has 2 rings (SSSR count). The molecule has 1 aromatic rings. The number of rotatable bonds is 2. The molecular weight excluding hydrogens is 215 g/mol. The Morgan fingerprint density at radius 3 is 2.88 bits per heavy atom. The first-order chi connectivity index (χ1) is 7.94. The van der Waals surface area contributed by atoms with Crippen molar-refractivity contribution in [3.63, 3.8) is 0 Å². The van der Waals surface area contributed by atoms with Gasteiger partial charge < -0.3 is 10.6 Å². The fourth-order valence-electron chi connectivity index (χ4n) is 2.11. The van der Waals surface area contributed by atoms with Gasteiger partial charge >= 0.3 is 0 Å². The van der Waals surface area contributed by atoms with Gasteiger partial charge in [-0.25, -0.2) is 4.39 Å². The second-order valence-corrected chi connectivity index (χ2v) is 5.81. The number of hydrogen-bond acceptors (Lipinski definition) is 2. The van der Waals surface area contributed by atoms with Crippen molar-refractivity contribution in [3.8, 4) is 0 Å². The highest BCUT2D eigenvalue weighted by molar-refractivity contribution is 5.54. The van der Waals surface area contributed by atoms with Gasteiger partial charge in [0, 0.05) is 23.8 Å². The molecule has 1 aliphatic rings. The van der Waals surface area contributed by atoms with E-state index in [1.54, 1.807) is 6.07 Å². The van der Waals surface area contributed by atoms with E-state index in [2.05, 4.69) is 31.4 Å². The number of benzene rings is 1. The van der Waals surface area contributed by atoms with Crippen LogP contribution in [-0.2, 0) is 6.42 Å². The zero-order valence-electron chi connectivity index (χ0n) is 10.8. The molecule has 17 heavy (non-hydrogen) atoms. The monoisotopic (exact) mass is 236 g/mol. The SMILES string of the molecule is CC(C)(C)NCC1CCc2ccc(F)cc2N1. The molecule has 0 aromatic heterocycles. The zero-order valence-corrected chi connectivity index (χ0v) is 10.8. The molecule has 0 aliphatic carbocycles. The molecule has 2 N–H and O–H groups in total. The molecule has 0 radical (unpaired) electrons. The van der Waals surface area contributed by atoms with Crippen molar-refractivity contribution in [2.75, 3.05) is 11.9 Å². The minimum Gasteiger partial charge on any atom is -0.381 e. The predicted molar refractivity (Wildman–Crippen MR) is 69.9 cm³/mol. The molecule has 1 heterocycles. The largest absolute Gasteiger partial charge is 0.381 e. The lowest BCUT2D eigenvalue weighted by Crippen LogP contribution is -2.44. The van der Waals surface area contributed by atoms with E-state index in [1.165, 1.54) is 11.6 Å². The third kappa shape index (κ3) is 3.43. The number of hydrogen-bond donors (Lipinski definition) is 2. The maximum Gasteiger partial charge on any atom is 0.125 e. The summed E-state index contributed by atoms with van der Waals surface area (Å²) in [6, 6.07) is 5.40. The Morgan fingerprint density at radius 1 is 1.41 bits per heavy atom. The summed E-state index contributed by atoms with van der Waals surface area (Å²) in [5, 5.41) is 6.89. The Morgan fingerprint density at radius 2 is 2.18 bits per heavy atom. The first-order valence-corrected chi connectivity index (χ1v) is 6.24. The zero-order chi connectivity index (χ0) is 12.5. The molecule has 1 aliphatic heterocycles. The van der Waals surface area contributed by atoms with Crippen LogP contribution in [0.15, 0.2) is 18.2 Å². The lowest BCUT2D eigenvalue weighted by atomic mass is 9.97. The van der Waals surface area contributed by atoms with Crippen LogP contribution in [0.4, 0.5) is 10.1 Å². The molecule has 0 saturated carbocycles. The van der Waals surface area contributed by atoms with Gasteiger partial charge in [-0.05, 0) is 51.3 Å². The van der Waals surface area contributed by atoms with Gasteiger partial charge in [-0.15, -0.1) is 0 Å². The van der Waals surface area contributed by atoms with E-state index in [4.69, 9.17) is 0 Å². The average molecular weight is 236 g/mol. The molecular formula is C14H21FN2. The third-order valence-corrected chi connectivity index (χ3v) is 3.07. The van der Waals surface area contributed by atoms with Gasteiger partial charge in [0.25, 0.3) is 0 Å². The van der Waals surface area contributed by atoms with Crippen LogP contribution in [0.25, 0.3) is 0 Å². The van der Waals surface area contributed by atoms with Gasteiger partial charge in [-0.3, -0.25) is 0 Å². The van der Waals surface area contributed by atoms with Crippen molar-refractivity contribution in [3.05, 3.63) is 29.6 Å². The van der Waals surface area contributed by atoms with Gasteiger partial charge in [0.15, 0.2) is 0 Å². The summed E-state index contributed by atoms with van der Waals surface area (Å²) in [4.78, 5) is 0. The molecule has 0 fully saturated rings. The smallest absolute Gasteiger partial charge is 0.125 e. The predicted octanol–water partition coefficient (Wildman–Crippen LogP) is 2.94. The normalized spacial score (nSPS) is 19.6. The van der Waals surface area contributed by atoms with Crippen molar-refractivity contribution in [1.29, 1.82) is 0 Å². The molecule has 0 bridgehead atoms. The Hall–Kier alpha value is -1.09. The van der Waals surface area contributed by atoms with Crippen molar-refractivity contribution >= 4 is 5.69 Å². The summed E-state index contributed by atoms with van der Waals surface area (Å²) in [5.74, 6) is -0.166. The van der Waals surface area contributed by atoms with Crippen LogP contribution in [0.3, 0.4) is 0 Å². The first kappa shape index (κ1) is 12.4. The van der Waals surface area contributed by atoms with E-state index in [9.17, 15) is 4.39 Å². The number of anilines is 1. The lowest BCUT2D eigenvalue weighted by Gasteiger charge is -2.30. The van der Waals surface area contributed by atoms with Crippen molar-refractivity contribution in [2.45, 2.75) is 45.2 Å². The second-order valence-electron chi connectivity index (χ2n) is 5.81. The van der Waals surface area contributed by atoms with E-state index < -0.39 is 0 Å². The maximum atomic E-state index is 13.1. The van der Waals surface area contributed by atoms with Crippen LogP contribution in [-0.4, -0.2) is 18.1 Å². The van der Waals surface area contributed by atoms with Crippen molar-refractivity contribution in [2.24, 2.45) is 0 Å². The third-order valence-electron chi connectivity index (χ3n) is 3.07. The summed E-state index contributed by atoms with van der Waals surface area (Å²) in [6.07, 6.45) is 2.13. The Labute approximate surface area is 103 Å². The van der Waals surface area contributed by atoms with Crippen LogP contribution >= 0.6 is 0 Å². The Kier molecular flexibility index (Phi) is 3.38. The van der Waals surface area contributed by atoms with E-state index in [0.717, 1.165) is 25.1 Å². The highest BCUT2D eigenvalue weighted by atomic mass is 19.1. The summed E-state index contributed by atoms with van der Waals surface area (Å²) >= 11 is 0. The Bertz CT molecular complexity index is 396. The van der Waals surface area contributed by atoms with Gasteiger partial charge in [0.1, 0.15) is 5.82 Å².